The molecule has 0 aliphatic rings. The van der Waals surface area contributed by atoms with Gasteiger partial charge < -0.3 is 15.8 Å². The van der Waals surface area contributed by atoms with Crippen molar-refractivity contribution in [1.29, 1.82) is 0 Å². The monoisotopic (exact) mass is 300 g/mol. The second kappa shape index (κ2) is 7.29. The van der Waals surface area contributed by atoms with Crippen LogP contribution in [0.25, 0.3) is 0 Å². The van der Waals surface area contributed by atoms with Gasteiger partial charge in [-0.1, -0.05) is 12.1 Å². The minimum atomic E-state index is -0.522. The molecule has 0 radical (unpaired) electrons. The summed E-state index contributed by atoms with van der Waals surface area (Å²) in [5, 5.41) is 2.76. The SMILES string of the molecule is CC(Oc1ccccc1Br)C(=O)NCCCN. The van der Waals surface area contributed by atoms with E-state index in [-0.39, 0.29) is 5.91 Å². The summed E-state index contributed by atoms with van der Waals surface area (Å²) in [4.78, 5) is 11.6. The highest BCUT2D eigenvalue weighted by Crippen LogP contribution is 2.24. The molecule has 3 N–H and O–H groups in total. The van der Waals surface area contributed by atoms with Gasteiger partial charge in [-0.15, -0.1) is 0 Å². The molecule has 94 valence electrons. The first-order valence-electron chi connectivity index (χ1n) is 5.54. The molecule has 1 aromatic carbocycles. The predicted molar refractivity (Wildman–Crippen MR) is 70.9 cm³/mol. The van der Waals surface area contributed by atoms with Gasteiger partial charge in [0.05, 0.1) is 4.47 Å². The maximum atomic E-state index is 11.6. The van der Waals surface area contributed by atoms with Crippen LogP contribution in [0.5, 0.6) is 5.75 Å². The van der Waals surface area contributed by atoms with Crippen molar-refractivity contribution in [2.45, 2.75) is 19.4 Å². The summed E-state index contributed by atoms with van der Waals surface area (Å²) in [7, 11) is 0. The van der Waals surface area contributed by atoms with E-state index in [1.54, 1.807) is 6.92 Å². The molecule has 0 saturated carbocycles. The number of nitrogens with two attached hydrogens (primary N) is 1. The van der Waals surface area contributed by atoms with E-state index in [4.69, 9.17) is 10.5 Å². The zero-order chi connectivity index (χ0) is 12.7. The highest BCUT2D eigenvalue weighted by Gasteiger charge is 2.14. The Morgan fingerprint density at radius 3 is 2.88 bits per heavy atom. The summed E-state index contributed by atoms with van der Waals surface area (Å²) < 4.78 is 6.38. The van der Waals surface area contributed by atoms with Crippen LogP contribution in [0.1, 0.15) is 13.3 Å². The first-order valence-corrected chi connectivity index (χ1v) is 6.33. The Labute approximate surface area is 110 Å². The third kappa shape index (κ3) is 4.75. The summed E-state index contributed by atoms with van der Waals surface area (Å²) in [6.45, 7) is 2.87. The Morgan fingerprint density at radius 2 is 2.24 bits per heavy atom. The van der Waals surface area contributed by atoms with Gasteiger partial charge in [-0.25, -0.2) is 0 Å². The molecule has 1 amide bonds. The van der Waals surface area contributed by atoms with Crippen LogP contribution in [-0.4, -0.2) is 25.1 Å². The maximum absolute atomic E-state index is 11.6. The third-order valence-electron chi connectivity index (χ3n) is 2.19. The van der Waals surface area contributed by atoms with Crippen LogP contribution in [0.3, 0.4) is 0 Å². The van der Waals surface area contributed by atoms with Crippen molar-refractivity contribution in [3.63, 3.8) is 0 Å². The van der Waals surface area contributed by atoms with Crippen molar-refractivity contribution in [2.75, 3.05) is 13.1 Å². The summed E-state index contributed by atoms with van der Waals surface area (Å²) in [6, 6.07) is 7.43. The van der Waals surface area contributed by atoms with E-state index >= 15 is 0 Å². The van der Waals surface area contributed by atoms with Gasteiger partial charge in [-0.05, 0) is 48.0 Å². The second-order valence-corrected chi connectivity index (χ2v) is 4.48. The Kier molecular flexibility index (Phi) is 6.00. The quantitative estimate of drug-likeness (QED) is 0.786. The average Bonchev–Trinajstić information content (AvgIpc) is 2.32. The average molecular weight is 301 g/mol. The molecule has 0 aliphatic heterocycles. The van der Waals surface area contributed by atoms with E-state index < -0.39 is 6.10 Å². The highest BCUT2D eigenvalue weighted by atomic mass is 79.9. The first-order chi connectivity index (χ1) is 8.15. The van der Waals surface area contributed by atoms with Gasteiger partial charge >= 0.3 is 0 Å². The molecule has 1 rings (SSSR count). The van der Waals surface area contributed by atoms with Gasteiger partial charge in [0.15, 0.2) is 6.10 Å². The van der Waals surface area contributed by atoms with Crippen molar-refractivity contribution in [1.82, 2.24) is 5.32 Å². The second-order valence-electron chi connectivity index (χ2n) is 3.62. The van der Waals surface area contributed by atoms with Crippen molar-refractivity contribution >= 4 is 21.8 Å². The van der Waals surface area contributed by atoms with Crippen molar-refractivity contribution in [3.05, 3.63) is 28.7 Å². The maximum Gasteiger partial charge on any atom is 0.260 e. The van der Waals surface area contributed by atoms with Crippen LogP contribution in [0.2, 0.25) is 0 Å². The lowest BCUT2D eigenvalue weighted by Gasteiger charge is -2.15. The number of nitrogens with one attached hydrogen (secondary N) is 1. The molecular formula is C12H17BrN2O2. The third-order valence-corrected chi connectivity index (χ3v) is 2.84. The number of carbonyl (C=O) groups is 1. The molecule has 0 heterocycles. The van der Waals surface area contributed by atoms with Gasteiger partial charge in [0.25, 0.3) is 5.91 Å². The fourth-order valence-electron chi connectivity index (χ4n) is 1.24. The van der Waals surface area contributed by atoms with E-state index in [9.17, 15) is 4.79 Å². The van der Waals surface area contributed by atoms with Gasteiger partial charge in [0.2, 0.25) is 0 Å². The standard InChI is InChI=1S/C12H17BrN2O2/c1-9(12(16)15-8-4-7-14)17-11-6-3-2-5-10(11)13/h2-3,5-6,9H,4,7-8,14H2,1H3,(H,15,16). The fourth-order valence-corrected chi connectivity index (χ4v) is 1.62. The number of hydrogen-bond donors (Lipinski definition) is 2. The minimum absolute atomic E-state index is 0.130. The number of para-hydroxylation sites is 1. The zero-order valence-corrected chi connectivity index (χ0v) is 11.4. The first kappa shape index (κ1) is 14.0. The predicted octanol–water partition coefficient (Wildman–Crippen LogP) is 1.68. The summed E-state index contributed by atoms with van der Waals surface area (Å²) >= 11 is 3.36. The Hall–Kier alpha value is -1.07. The number of amides is 1. The lowest BCUT2D eigenvalue weighted by Crippen LogP contribution is -2.37. The number of carbonyl (C=O) groups excluding carboxylic acids is 1. The number of hydrogen-bond acceptors (Lipinski definition) is 3. The van der Waals surface area contributed by atoms with Gasteiger partial charge in [0.1, 0.15) is 5.75 Å². The molecule has 0 aromatic heterocycles. The van der Waals surface area contributed by atoms with Crippen LogP contribution in [0, 0.1) is 0 Å². The van der Waals surface area contributed by atoms with Crippen LogP contribution in [-0.2, 0) is 4.79 Å². The van der Waals surface area contributed by atoms with Crippen molar-refractivity contribution in [3.8, 4) is 5.75 Å². The number of benzene rings is 1. The minimum Gasteiger partial charge on any atom is -0.480 e. The lowest BCUT2D eigenvalue weighted by molar-refractivity contribution is -0.127. The van der Waals surface area contributed by atoms with E-state index in [1.807, 2.05) is 24.3 Å². The zero-order valence-electron chi connectivity index (χ0n) is 9.78. The van der Waals surface area contributed by atoms with Crippen LogP contribution < -0.4 is 15.8 Å². The summed E-state index contributed by atoms with van der Waals surface area (Å²) in [6.07, 6.45) is 0.250. The molecule has 0 spiro atoms. The number of halogens is 1. The van der Waals surface area contributed by atoms with Crippen LogP contribution in [0.4, 0.5) is 0 Å². The largest absolute Gasteiger partial charge is 0.480 e. The molecular weight excluding hydrogens is 284 g/mol. The molecule has 1 aromatic rings. The van der Waals surface area contributed by atoms with Crippen LogP contribution in [0.15, 0.2) is 28.7 Å². The number of ether oxygens (including phenoxy) is 1. The van der Waals surface area contributed by atoms with E-state index in [0.717, 1.165) is 10.9 Å². The molecule has 0 fully saturated rings. The van der Waals surface area contributed by atoms with Gasteiger partial charge in [-0.2, -0.15) is 0 Å². The summed E-state index contributed by atoms with van der Waals surface area (Å²) in [5.74, 6) is 0.531. The molecule has 0 bridgehead atoms. The van der Waals surface area contributed by atoms with E-state index in [1.165, 1.54) is 0 Å². The summed E-state index contributed by atoms with van der Waals surface area (Å²) in [5.41, 5.74) is 5.35. The Balaban J connectivity index is 2.46. The Bertz CT molecular complexity index is 371. The highest BCUT2D eigenvalue weighted by molar-refractivity contribution is 9.10. The van der Waals surface area contributed by atoms with Crippen LogP contribution >= 0.6 is 15.9 Å². The van der Waals surface area contributed by atoms with E-state index in [0.29, 0.717) is 18.8 Å². The topological polar surface area (TPSA) is 64.3 Å². The molecule has 5 heteroatoms. The molecule has 4 nitrogen and oxygen atoms in total. The van der Waals surface area contributed by atoms with E-state index in [2.05, 4.69) is 21.2 Å². The number of rotatable bonds is 6. The Morgan fingerprint density at radius 1 is 1.53 bits per heavy atom. The molecule has 0 saturated heterocycles. The normalized spacial score (nSPS) is 11.9. The van der Waals surface area contributed by atoms with Gasteiger partial charge in [-0.3, -0.25) is 4.79 Å². The lowest BCUT2D eigenvalue weighted by atomic mass is 10.3. The smallest absolute Gasteiger partial charge is 0.260 e. The van der Waals surface area contributed by atoms with Crippen molar-refractivity contribution < 1.29 is 9.53 Å². The molecule has 1 atom stereocenters. The molecule has 0 aliphatic carbocycles. The van der Waals surface area contributed by atoms with Crippen molar-refractivity contribution in [2.24, 2.45) is 5.73 Å². The molecule has 1 unspecified atom stereocenters. The van der Waals surface area contributed by atoms with Gasteiger partial charge in [0, 0.05) is 6.54 Å². The fraction of sp³-hybridized carbons (Fsp3) is 0.417. The molecule has 17 heavy (non-hydrogen) atoms.